The van der Waals surface area contributed by atoms with Gasteiger partial charge in [0, 0.05) is 55.4 Å². The van der Waals surface area contributed by atoms with Gasteiger partial charge in [-0.1, -0.05) is 6.07 Å². The second-order valence-corrected chi connectivity index (χ2v) is 6.86. The van der Waals surface area contributed by atoms with Crippen LogP contribution in [0, 0.1) is 6.92 Å². The molecule has 0 saturated carbocycles. The molecular formula is C18H23N5OS. The number of nitrogens with one attached hydrogen (secondary N) is 1. The van der Waals surface area contributed by atoms with Crippen LogP contribution in [-0.2, 0) is 4.79 Å². The smallest absolute Gasteiger partial charge is 0.246 e. The molecule has 0 aromatic carbocycles. The normalized spacial score (nSPS) is 15.0. The number of anilines is 2. The van der Waals surface area contributed by atoms with Crippen LogP contribution in [-0.4, -0.2) is 53.5 Å². The topological polar surface area (TPSA) is 61.4 Å². The van der Waals surface area contributed by atoms with Crippen LogP contribution >= 0.6 is 11.3 Å². The summed E-state index contributed by atoms with van der Waals surface area (Å²) in [6, 6.07) is 5.99. The summed E-state index contributed by atoms with van der Waals surface area (Å²) in [4.78, 5) is 26.5. The Morgan fingerprint density at radius 1 is 1.32 bits per heavy atom. The van der Waals surface area contributed by atoms with Crippen molar-refractivity contribution in [1.29, 1.82) is 0 Å². The Labute approximate surface area is 152 Å². The zero-order valence-electron chi connectivity index (χ0n) is 14.6. The van der Waals surface area contributed by atoms with Crippen molar-refractivity contribution in [2.75, 3.05) is 42.9 Å². The number of hydrogen-bond acceptors (Lipinski definition) is 6. The molecule has 0 spiro atoms. The Morgan fingerprint density at radius 2 is 2.12 bits per heavy atom. The molecule has 1 aliphatic rings. The lowest BCUT2D eigenvalue weighted by atomic mass is 10.3. The van der Waals surface area contributed by atoms with E-state index < -0.39 is 0 Å². The molecule has 6 nitrogen and oxygen atoms in total. The molecule has 0 aliphatic carbocycles. The molecule has 2 aromatic heterocycles. The highest BCUT2D eigenvalue weighted by molar-refractivity contribution is 7.10. The summed E-state index contributed by atoms with van der Waals surface area (Å²) in [6.07, 6.45) is 3.55. The SMILES string of the molecule is CCNc1nc(C)cc(N2CCN(C(=O)/C=C/c3cccs3)CC2)n1. The Kier molecular flexibility index (Phi) is 5.65. The summed E-state index contributed by atoms with van der Waals surface area (Å²) in [7, 11) is 0. The summed E-state index contributed by atoms with van der Waals surface area (Å²) in [5.41, 5.74) is 0.943. The number of aryl methyl sites for hydroxylation is 1. The number of nitrogens with zero attached hydrogens (tertiary/aromatic N) is 4. The number of carbonyl (C=O) groups excluding carboxylic acids is 1. The van der Waals surface area contributed by atoms with E-state index in [4.69, 9.17) is 0 Å². The van der Waals surface area contributed by atoms with Gasteiger partial charge in [-0.2, -0.15) is 4.98 Å². The highest BCUT2D eigenvalue weighted by Gasteiger charge is 2.21. The van der Waals surface area contributed by atoms with Crippen molar-refractivity contribution in [1.82, 2.24) is 14.9 Å². The first kappa shape index (κ1) is 17.4. The molecule has 0 unspecified atom stereocenters. The van der Waals surface area contributed by atoms with Gasteiger partial charge in [-0.15, -0.1) is 11.3 Å². The second-order valence-electron chi connectivity index (χ2n) is 5.88. The standard InChI is InChI=1S/C18H23N5OS/c1-3-19-18-20-14(2)13-16(21-18)22-8-10-23(11-9-22)17(24)7-6-15-5-4-12-25-15/h4-7,12-13H,3,8-11H2,1-2H3,(H,19,20,21)/b7-6+. The molecule has 1 fully saturated rings. The molecule has 2 aromatic rings. The zero-order chi connectivity index (χ0) is 17.6. The van der Waals surface area contributed by atoms with E-state index in [1.54, 1.807) is 17.4 Å². The molecule has 1 N–H and O–H groups in total. The van der Waals surface area contributed by atoms with Gasteiger partial charge in [-0.3, -0.25) is 4.79 Å². The predicted octanol–water partition coefficient (Wildman–Crippen LogP) is 2.64. The minimum atomic E-state index is 0.0697. The van der Waals surface area contributed by atoms with Gasteiger partial charge in [0.1, 0.15) is 5.82 Å². The molecule has 0 bridgehead atoms. The summed E-state index contributed by atoms with van der Waals surface area (Å²) in [5, 5.41) is 5.17. The van der Waals surface area contributed by atoms with E-state index in [-0.39, 0.29) is 5.91 Å². The molecule has 3 heterocycles. The van der Waals surface area contributed by atoms with Crippen LogP contribution in [0.15, 0.2) is 29.7 Å². The van der Waals surface area contributed by atoms with Crippen molar-refractivity contribution >= 4 is 35.1 Å². The molecule has 0 atom stereocenters. The van der Waals surface area contributed by atoms with Gasteiger partial charge in [-0.05, 0) is 31.4 Å². The van der Waals surface area contributed by atoms with Crippen LogP contribution in [0.25, 0.3) is 6.08 Å². The first-order valence-corrected chi connectivity index (χ1v) is 9.38. The average Bonchev–Trinajstić information content (AvgIpc) is 3.13. The van der Waals surface area contributed by atoms with E-state index in [2.05, 4.69) is 20.2 Å². The molecule has 25 heavy (non-hydrogen) atoms. The predicted molar refractivity (Wildman–Crippen MR) is 103 cm³/mol. The number of hydrogen-bond donors (Lipinski definition) is 1. The van der Waals surface area contributed by atoms with Crippen LogP contribution in [0.3, 0.4) is 0 Å². The van der Waals surface area contributed by atoms with Gasteiger partial charge in [0.15, 0.2) is 0 Å². The summed E-state index contributed by atoms with van der Waals surface area (Å²) in [5.74, 6) is 1.65. The lowest BCUT2D eigenvalue weighted by Crippen LogP contribution is -2.48. The minimum Gasteiger partial charge on any atom is -0.354 e. The Bertz CT molecular complexity index is 736. The fourth-order valence-corrected chi connectivity index (χ4v) is 3.37. The molecule has 1 amide bonds. The summed E-state index contributed by atoms with van der Waals surface area (Å²) in [6.45, 7) is 7.75. The van der Waals surface area contributed by atoms with E-state index >= 15 is 0 Å². The van der Waals surface area contributed by atoms with Gasteiger partial charge in [-0.25, -0.2) is 4.98 Å². The lowest BCUT2D eigenvalue weighted by Gasteiger charge is -2.35. The van der Waals surface area contributed by atoms with Crippen molar-refractivity contribution in [2.45, 2.75) is 13.8 Å². The zero-order valence-corrected chi connectivity index (χ0v) is 15.4. The largest absolute Gasteiger partial charge is 0.354 e. The van der Waals surface area contributed by atoms with E-state index in [9.17, 15) is 4.79 Å². The third kappa shape index (κ3) is 4.57. The monoisotopic (exact) mass is 357 g/mol. The second kappa shape index (κ2) is 8.11. The molecule has 7 heteroatoms. The number of thiophene rings is 1. The number of rotatable bonds is 5. The van der Waals surface area contributed by atoms with Crippen molar-refractivity contribution < 1.29 is 4.79 Å². The summed E-state index contributed by atoms with van der Waals surface area (Å²) >= 11 is 1.63. The van der Waals surface area contributed by atoms with Crippen LogP contribution in [0.2, 0.25) is 0 Å². The third-order valence-electron chi connectivity index (χ3n) is 4.02. The van der Waals surface area contributed by atoms with E-state index in [0.29, 0.717) is 19.0 Å². The Balaban J connectivity index is 1.59. The van der Waals surface area contributed by atoms with Crippen molar-refractivity contribution in [3.8, 4) is 0 Å². The highest BCUT2D eigenvalue weighted by atomic mass is 32.1. The lowest BCUT2D eigenvalue weighted by molar-refractivity contribution is -0.126. The Morgan fingerprint density at radius 3 is 2.80 bits per heavy atom. The van der Waals surface area contributed by atoms with Crippen LogP contribution in [0.1, 0.15) is 17.5 Å². The van der Waals surface area contributed by atoms with Crippen LogP contribution in [0.5, 0.6) is 0 Å². The number of carbonyl (C=O) groups is 1. The van der Waals surface area contributed by atoms with Crippen molar-refractivity contribution in [3.05, 3.63) is 40.2 Å². The van der Waals surface area contributed by atoms with E-state index in [1.165, 1.54) is 0 Å². The van der Waals surface area contributed by atoms with E-state index in [0.717, 1.165) is 36.0 Å². The molecule has 132 valence electrons. The maximum Gasteiger partial charge on any atom is 0.246 e. The van der Waals surface area contributed by atoms with Crippen LogP contribution < -0.4 is 10.2 Å². The molecule has 0 radical (unpaired) electrons. The first-order valence-electron chi connectivity index (χ1n) is 8.50. The maximum atomic E-state index is 12.3. The molecule has 1 saturated heterocycles. The van der Waals surface area contributed by atoms with Gasteiger partial charge in [0.2, 0.25) is 11.9 Å². The fourth-order valence-electron chi connectivity index (χ4n) is 2.75. The molecule has 3 rings (SSSR count). The van der Waals surface area contributed by atoms with Gasteiger partial charge in [0.25, 0.3) is 0 Å². The fraction of sp³-hybridized carbons (Fsp3) is 0.389. The van der Waals surface area contributed by atoms with E-state index in [1.807, 2.05) is 48.4 Å². The van der Waals surface area contributed by atoms with Crippen molar-refractivity contribution in [3.63, 3.8) is 0 Å². The van der Waals surface area contributed by atoms with Crippen LogP contribution in [0.4, 0.5) is 11.8 Å². The quantitative estimate of drug-likeness (QED) is 0.834. The van der Waals surface area contributed by atoms with Crippen molar-refractivity contribution in [2.24, 2.45) is 0 Å². The first-order chi connectivity index (χ1) is 12.2. The highest BCUT2D eigenvalue weighted by Crippen LogP contribution is 2.17. The minimum absolute atomic E-state index is 0.0697. The van der Waals surface area contributed by atoms with Gasteiger partial charge >= 0.3 is 0 Å². The maximum absolute atomic E-state index is 12.3. The van der Waals surface area contributed by atoms with Gasteiger partial charge in [0.05, 0.1) is 0 Å². The number of amides is 1. The third-order valence-corrected chi connectivity index (χ3v) is 4.86. The summed E-state index contributed by atoms with van der Waals surface area (Å²) < 4.78 is 0. The average molecular weight is 357 g/mol. The molecular weight excluding hydrogens is 334 g/mol. The van der Waals surface area contributed by atoms with Gasteiger partial charge < -0.3 is 15.1 Å². The number of aromatic nitrogens is 2. The number of piperazine rings is 1. The Hall–Kier alpha value is -2.41. The molecule has 1 aliphatic heterocycles.